The average Bonchev–Trinajstić information content (AvgIpc) is 3.18. The highest BCUT2D eigenvalue weighted by molar-refractivity contribution is 7.10. The van der Waals surface area contributed by atoms with Gasteiger partial charge in [0.05, 0.1) is 6.33 Å². The quantitative estimate of drug-likeness (QED) is 0.755. The Kier molecular flexibility index (Phi) is 3.94. The van der Waals surface area contributed by atoms with Crippen LogP contribution in [-0.2, 0) is 13.6 Å². The van der Waals surface area contributed by atoms with Crippen molar-refractivity contribution in [3.63, 3.8) is 0 Å². The monoisotopic (exact) mass is 287 g/mol. The molecule has 0 bridgehead atoms. The molecular weight excluding hydrogens is 270 g/mol. The van der Waals surface area contributed by atoms with Crippen molar-refractivity contribution in [1.82, 2.24) is 24.4 Å². The molecule has 0 aliphatic rings. The summed E-state index contributed by atoms with van der Waals surface area (Å²) < 4.78 is 4.13. The van der Waals surface area contributed by atoms with E-state index in [0.717, 1.165) is 18.9 Å². The molecule has 0 aliphatic carbocycles. The fourth-order valence-electron chi connectivity index (χ4n) is 2.19. The first-order valence-electron chi connectivity index (χ1n) is 6.54. The van der Waals surface area contributed by atoms with Gasteiger partial charge in [0.25, 0.3) is 0 Å². The van der Waals surface area contributed by atoms with E-state index in [-0.39, 0.29) is 6.04 Å². The fourth-order valence-corrected chi connectivity index (χ4v) is 2.98. The van der Waals surface area contributed by atoms with Gasteiger partial charge in [0.15, 0.2) is 0 Å². The average molecular weight is 287 g/mol. The van der Waals surface area contributed by atoms with Crippen LogP contribution in [0.1, 0.15) is 16.7 Å². The lowest BCUT2D eigenvalue weighted by Crippen LogP contribution is -2.27. The highest BCUT2D eigenvalue weighted by Gasteiger charge is 2.18. The van der Waals surface area contributed by atoms with Gasteiger partial charge in [0, 0.05) is 49.8 Å². The standard InChI is InChI=1S/C14H17N5S/c1-18-7-5-17-14(18)13(12-3-2-10-20-12)16-6-9-19-8-4-15-11-19/h2-5,7-8,10-11,13,16H,6,9H2,1H3. The normalized spacial score (nSPS) is 12.7. The van der Waals surface area contributed by atoms with E-state index in [2.05, 4.69) is 41.9 Å². The van der Waals surface area contributed by atoms with Crippen LogP contribution >= 0.6 is 11.3 Å². The Balaban J connectivity index is 1.72. The molecule has 0 radical (unpaired) electrons. The smallest absolute Gasteiger partial charge is 0.131 e. The molecule has 0 aliphatic heterocycles. The van der Waals surface area contributed by atoms with Crippen LogP contribution in [-0.4, -0.2) is 25.6 Å². The second-order valence-corrected chi connectivity index (χ2v) is 5.58. The second kappa shape index (κ2) is 6.02. The molecule has 0 spiro atoms. The predicted molar refractivity (Wildman–Crippen MR) is 79.6 cm³/mol. The van der Waals surface area contributed by atoms with Gasteiger partial charge < -0.3 is 14.5 Å². The van der Waals surface area contributed by atoms with Gasteiger partial charge in [-0.05, 0) is 11.4 Å². The highest BCUT2D eigenvalue weighted by Crippen LogP contribution is 2.24. The Morgan fingerprint density at radius 1 is 1.35 bits per heavy atom. The molecular formula is C14H17N5S. The Labute approximate surface area is 121 Å². The number of nitrogens with one attached hydrogen (secondary N) is 1. The molecule has 3 heterocycles. The van der Waals surface area contributed by atoms with E-state index in [0.29, 0.717) is 0 Å². The van der Waals surface area contributed by atoms with E-state index in [9.17, 15) is 0 Å². The van der Waals surface area contributed by atoms with Crippen molar-refractivity contribution < 1.29 is 0 Å². The van der Waals surface area contributed by atoms with E-state index in [4.69, 9.17) is 0 Å². The number of nitrogens with zero attached hydrogens (tertiary/aromatic N) is 4. The topological polar surface area (TPSA) is 47.7 Å². The van der Waals surface area contributed by atoms with Crippen molar-refractivity contribution in [1.29, 1.82) is 0 Å². The van der Waals surface area contributed by atoms with Crippen LogP contribution in [0.25, 0.3) is 0 Å². The van der Waals surface area contributed by atoms with E-state index in [1.54, 1.807) is 17.5 Å². The maximum absolute atomic E-state index is 4.48. The third kappa shape index (κ3) is 2.81. The molecule has 20 heavy (non-hydrogen) atoms. The summed E-state index contributed by atoms with van der Waals surface area (Å²) in [4.78, 5) is 9.81. The number of hydrogen-bond donors (Lipinski definition) is 1. The molecule has 5 nitrogen and oxygen atoms in total. The van der Waals surface area contributed by atoms with Gasteiger partial charge in [-0.25, -0.2) is 9.97 Å². The van der Waals surface area contributed by atoms with Crippen LogP contribution < -0.4 is 5.32 Å². The van der Waals surface area contributed by atoms with E-state index >= 15 is 0 Å². The van der Waals surface area contributed by atoms with Gasteiger partial charge in [0.2, 0.25) is 0 Å². The summed E-state index contributed by atoms with van der Waals surface area (Å²) in [6.45, 7) is 1.76. The van der Waals surface area contributed by atoms with Gasteiger partial charge >= 0.3 is 0 Å². The van der Waals surface area contributed by atoms with Gasteiger partial charge in [-0.3, -0.25) is 0 Å². The predicted octanol–water partition coefficient (Wildman–Crippen LogP) is 2.06. The van der Waals surface area contributed by atoms with Crippen molar-refractivity contribution in [3.05, 3.63) is 59.3 Å². The van der Waals surface area contributed by atoms with Crippen molar-refractivity contribution >= 4 is 11.3 Å². The largest absolute Gasteiger partial charge is 0.336 e. The van der Waals surface area contributed by atoms with E-state index < -0.39 is 0 Å². The Morgan fingerprint density at radius 2 is 2.30 bits per heavy atom. The van der Waals surface area contributed by atoms with Gasteiger partial charge in [-0.2, -0.15) is 0 Å². The molecule has 3 aromatic rings. The SMILES string of the molecule is Cn1ccnc1C(NCCn1ccnc1)c1cccs1. The fraction of sp³-hybridized carbons (Fsp3) is 0.286. The lowest BCUT2D eigenvalue weighted by atomic mass is 10.2. The Hall–Kier alpha value is -1.92. The zero-order valence-corrected chi connectivity index (χ0v) is 12.1. The minimum Gasteiger partial charge on any atom is -0.336 e. The molecule has 1 atom stereocenters. The summed E-state index contributed by atoms with van der Waals surface area (Å²) in [5.74, 6) is 1.04. The van der Waals surface area contributed by atoms with Gasteiger partial charge in [-0.1, -0.05) is 6.07 Å². The number of aryl methyl sites for hydroxylation is 1. The maximum atomic E-state index is 4.48. The molecule has 0 saturated heterocycles. The van der Waals surface area contributed by atoms with Crippen LogP contribution in [0.2, 0.25) is 0 Å². The molecule has 104 valence electrons. The minimum atomic E-state index is 0.138. The second-order valence-electron chi connectivity index (χ2n) is 4.60. The highest BCUT2D eigenvalue weighted by atomic mass is 32.1. The number of thiophene rings is 1. The lowest BCUT2D eigenvalue weighted by molar-refractivity contribution is 0.528. The third-order valence-corrected chi connectivity index (χ3v) is 4.16. The Bertz CT molecular complexity index is 626. The molecule has 1 N–H and O–H groups in total. The van der Waals surface area contributed by atoms with E-state index in [1.165, 1.54) is 4.88 Å². The van der Waals surface area contributed by atoms with Gasteiger partial charge in [-0.15, -0.1) is 11.3 Å². The van der Waals surface area contributed by atoms with E-state index in [1.807, 2.05) is 32.0 Å². The van der Waals surface area contributed by atoms with Gasteiger partial charge in [0.1, 0.15) is 11.9 Å². The summed E-state index contributed by atoms with van der Waals surface area (Å²) in [6.07, 6.45) is 9.43. The zero-order valence-electron chi connectivity index (χ0n) is 11.3. The van der Waals surface area contributed by atoms with Crippen molar-refractivity contribution in [2.75, 3.05) is 6.54 Å². The van der Waals surface area contributed by atoms with Crippen LogP contribution in [0.15, 0.2) is 48.6 Å². The number of aromatic nitrogens is 4. The minimum absolute atomic E-state index is 0.138. The number of hydrogen-bond acceptors (Lipinski definition) is 4. The summed E-state index contributed by atoms with van der Waals surface area (Å²) in [5.41, 5.74) is 0. The summed E-state index contributed by atoms with van der Waals surface area (Å²) >= 11 is 1.75. The molecule has 0 aromatic carbocycles. The molecule has 0 fully saturated rings. The Morgan fingerprint density at radius 3 is 2.95 bits per heavy atom. The third-order valence-electron chi connectivity index (χ3n) is 3.22. The molecule has 0 saturated carbocycles. The number of imidazole rings is 2. The van der Waals surface area contributed by atoms with Crippen LogP contribution in [0.3, 0.4) is 0 Å². The zero-order chi connectivity index (χ0) is 13.8. The maximum Gasteiger partial charge on any atom is 0.131 e. The molecule has 3 aromatic heterocycles. The van der Waals surface area contributed by atoms with Crippen molar-refractivity contribution in [3.8, 4) is 0 Å². The van der Waals surface area contributed by atoms with Crippen LogP contribution in [0, 0.1) is 0 Å². The first-order valence-corrected chi connectivity index (χ1v) is 7.42. The molecule has 1 unspecified atom stereocenters. The van der Waals surface area contributed by atoms with Crippen LogP contribution in [0.4, 0.5) is 0 Å². The first-order chi connectivity index (χ1) is 9.84. The summed E-state index contributed by atoms with van der Waals surface area (Å²) in [7, 11) is 2.03. The summed E-state index contributed by atoms with van der Waals surface area (Å²) in [6, 6.07) is 4.36. The number of rotatable bonds is 6. The van der Waals surface area contributed by atoms with Crippen molar-refractivity contribution in [2.45, 2.75) is 12.6 Å². The van der Waals surface area contributed by atoms with Crippen LogP contribution in [0.5, 0.6) is 0 Å². The first kappa shape index (κ1) is 13.1. The van der Waals surface area contributed by atoms with Crippen molar-refractivity contribution in [2.24, 2.45) is 7.05 Å². The summed E-state index contributed by atoms with van der Waals surface area (Å²) in [5, 5.41) is 5.68. The molecule has 6 heteroatoms. The lowest BCUT2D eigenvalue weighted by Gasteiger charge is -2.17. The molecule has 0 amide bonds. The molecule has 3 rings (SSSR count).